The van der Waals surface area contributed by atoms with E-state index in [0.29, 0.717) is 5.65 Å². The lowest BCUT2D eigenvalue weighted by atomic mass is 10.2. The van der Waals surface area contributed by atoms with Gasteiger partial charge in [-0.25, -0.2) is 9.78 Å². The summed E-state index contributed by atoms with van der Waals surface area (Å²) in [6.45, 7) is 2.13. The molecule has 1 fully saturated rings. The number of nitrogens with zero attached hydrogens (tertiary/aromatic N) is 3. The zero-order valence-electron chi connectivity index (χ0n) is 12.4. The summed E-state index contributed by atoms with van der Waals surface area (Å²) in [5.41, 5.74) is 0.702. The van der Waals surface area contributed by atoms with Gasteiger partial charge in [-0.2, -0.15) is 0 Å². The first-order chi connectivity index (χ1) is 11.0. The van der Waals surface area contributed by atoms with E-state index in [4.69, 9.17) is 4.74 Å². The normalized spacial score (nSPS) is 18.1. The highest BCUT2D eigenvalue weighted by Gasteiger charge is 2.34. The molecule has 0 unspecified atom stereocenters. The zero-order valence-corrected chi connectivity index (χ0v) is 12.4. The number of hydrogen-bond donors (Lipinski definition) is 1. The number of carbonyl (C=O) groups excluding carboxylic acids is 1. The van der Waals surface area contributed by atoms with E-state index in [1.165, 1.54) is 10.6 Å². The van der Waals surface area contributed by atoms with Crippen LogP contribution < -0.4 is 5.56 Å². The monoisotopic (exact) mass is 317 g/mol. The van der Waals surface area contributed by atoms with Crippen molar-refractivity contribution in [3.8, 4) is 0 Å². The van der Waals surface area contributed by atoms with Crippen LogP contribution in [0.1, 0.15) is 15.9 Å². The van der Waals surface area contributed by atoms with Crippen LogP contribution in [0.25, 0.3) is 5.65 Å². The van der Waals surface area contributed by atoms with Crippen LogP contribution in [0.3, 0.4) is 0 Å². The van der Waals surface area contributed by atoms with E-state index in [0.717, 1.165) is 10.5 Å². The van der Waals surface area contributed by atoms with Gasteiger partial charge in [-0.1, -0.05) is 0 Å². The molecule has 23 heavy (non-hydrogen) atoms. The van der Waals surface area contributed by atoms with E-state index in [2.05, 4.69) is 4.98 Å². The molecule has 2 aromatic heterocycles. The first-order valence-corrected chi connectivity index (χ1v) is 7.08. The fourth-order valence-corrected chi connectivity index (χ4v) is 2.53. The minimum Gasteiger partial charge on any atom is -0.480 e. The van der Waals surface area contributed by atoms with Crippen LogP contribution >= 0.6 is 0 Å². The molecular formula is C15H15N3O5. The molecule has 1 aliphatic heterocycles. The summed E-state index contributed by atoms with van der Waals surface area (Å²) < 4.78 is 6.37. The number of carboxylic acids is 1. The van der Waals surface area contributed by atoms with E-state index in [9.17, 15) is 19.5 Å². The Labute approximate surface area is 130 Å². The van der Waals surface area contributed by atoms with Crippen molar-refractivity contribution < 1.29 is 19.4 Å². The Morgan fingerprint density at radius 2 is 2.22 bits per heavy atom. The summed E-state index contributed by atoms with van der Waals surface area (Å²) in [5, 5.41) is 9.20. The van der Waals surface area contributed by atoms with Crippen LogP contribution in [0.4, 0.5) is 0 Å². The highest BCUT2D eigenvalue weighted by Crippen LogP contribution is 2.11. The molecular weight excluding hydrogens is 302 g/mol. The fourth-order valence-electron chi connectivity index (χ4n) is 2.53. The minimum atomic E-state index is -1.16. The van der Waals surface area contributed by atoms with Crippen LogP contribution in [0.5, 0.6) is 0 Å². The highest BCUT2D eigenvalue weighted by atomic mass is 16.5. The van der Waals surface area contributed by atoms with Gasteiger partial charge in [-0.3, -0.25) is 14.0 Å². The molecule has 1 aliphatic rings. The van der Waals surface area contributed by atoms with Gasteiger partial charge in [0.25, 0.3) is 11.5 Å². The van der Waals surface area contributed by atoms with Crippen LogP contribution in [0, 0.1) is 6.92 Å². The Bertz CT molecular complexity index is 845. The molecule has 0 aliphatic carbocycles. The second kappa shape index (κ2) is 5.81. The maximum atomic E-state index is 12.6. The van der Waals surface area contributed by atoms with Crippen molar-refractivity contribution in [1.29, 1.82) is 0 Å². The van der Waals surface area contributed by atoms with E-state index < -0.39 is 23.5 Å². The third-order valence-corrected chi connectivity index (χ3v) is 3.77. The molecule has 0 saturated carbocycles. The second-order valence-electron chi connectivity index (χ2n) is 5.34. The first kappa shape index (κ1) is 15.2. The summed E-state index contributed by atoms with van der Waals surface area (Å²) in [6, 6.07) is 2.36. The molecule has 0 radical (unpaired) electrons. The van der Waals surface area contributed by atoms with Crippen molar-refractivity contribution in [2.75, 3.05) is 19.8 Å². The SMILES string of the molecule is Cc1ccn2c(=O)c(C(=O)N3CCOC[C@@H]3C(=O)O)cnc2c1. The van der Waals surface area contributed by atoms with Gasteiger partial charge < -0.3 is 14.7 Å². The molecule has 3 rings (SSSR count). The molecule has 120 valence electrons. The highest BCUT2D eigenvalue weighted by molar-refractivity contribution is 5.96. The second-order valence-corrected chi connectivity index (χ2v) is 5.34. The van der Waals surface area contributed by atoms with Crippen molar-refractivity contribution >= 4 is 17.5 Å². The molecule has 1 N–H and O–H groups in total. The minimum absolute atomic E-state index is 0.0946. The van der Waals surface area contributed by atoms with Crippen molar-refractivity contribution in [3.63, 3.8) is 0 Å². The first-order valence-electron chi connectivity index (χ1n) is 7.08. The van der Waals surface area contributed by atoms with Crippen molar-refractivity contribution in [2.24, 2.45) is 0 Å². The Balaban J connectivity index is 2.03. The average Bonchev–Trinajstić information content (AvgIpc) is 2.54. The van der Waals surface area contributed by atoms with Crippen molar-refractivity contribution in [2.45, 2.75) is 13.0 Å². The van der Waals surface area contributed by atoms with Gasteiger partial charge in [0.05, 0.1) is 13.2 Å². The van der Waals surface area contributed by atoms with Gasteiger partial charge in [0, 0.05) is 18.9 Å². The Kier molecular flexibility index (Phi) is 3.83. The summed E-state index contributed by atoms with van der Waals surface area (Å²) in [6.07, 6.45) is 2.75. The summed E-state index contributed by atoms with van der Waals surface area (Å²) in [7, 11) is 0. The van der Waals surface area contributed by atoms with Crippen molar-refractivity contribution in [1.82, 2.24) is 14.3 Å². The van der Waals surface area contributed by atoms with E-state index in [1.807, 2.05) is 6.92 Å². The number of amides is 1. The molecule has 1 saturated heterocycles. The molecule has 8 nitrogen and oxygen atoms in total. The maximum absolute atomic E-state index is 12.6. The van der Waals surface area contributed by atoms with Gasteiger partial charge >= 0.3 is 5.97 Å². The number of hydrogen-bond acceptors (Lipinski definition) is 5. The largest absolute Gasteiger partial charge is 0.480 e. The molecule has 3 heterocycles. The number of pyridine rings is 1. The predicted octanol–water partition coefficient (Wildman–Crippen LogP) is -0.0715. The van der Waals surface area contributed by atoms with Crippen LogP contribution in [-0.2, 0) is 9.53 Å². The van der Waals surface area contributed by atoms with E-state index in [-0.39, 0.29) is 25.3 Å². The third kappa shape index (κ3) is 2.68. The Morgan fingerprint density at radius 3 is 2.96 bits per heavy atom. The van der Waals surface area contributed by atoms with Gasteiger partial charge in [0.1, 0.15) is 11.2 Å². The summed E-state index contributed by atoms with van der Waals surface area (Å²) >= 11 is 0. The number of aliphatic carboxylic acids is 1. The lowest BCUT2D eigenvalue weighted by Crippen LogP contribution is -2.53. The smallest absolute Gasteiger partial charge is 0.328 e. The topological polar surface area (TPSA) is 101 Å². The number of aryl methyl sites for hydroxylation is 1. The Morgan fingerprint density at radius 1 is 1.43 bits per heavy atom. The molecule has 2 aromatic rings. The fraction of sp³-hybridized carbons (Fsp3) is 0.333. The summed E-state index contributed by atoms with van der Waals surface area (Å²) in [4.78, 5) is 41.6. The van der Waals surface area contributed by atoms with Gasteiger partial charge in [-0.15, -0.1) is 0 Å². The predicted molar refractivity (Wildman–Crippen MR) is 79.5 cm³/mol. The lowest BCUT2D eigenvalue weighted by molar-refractivity contribution is -0.147. The number of carbonyl (C=O) groups is 2. The molecule has 0 bridgehead atoms. The van der Waals surface area contributed by atoms with Crippen molar-refractivity contribution in [3.05, 3.63) is 46.0 Å². The molecule has 1 atom stereocenters. The van der Waals surface area contributed by atoms with Gasteiger partial charge in [0.15, 0.2) is 6.04 Å². The number of carboxylic acid groups (broad SMARTS) is 1. The molecule has 8 heteroatoms. The van der Waals surface area contributed by atoms with Crippen LogP contribution in [-0.4, -0.2) is 57.1 Å². The lowest BCUT2D eigenvalue weighted by Gasteiger charge is -2.32. The molecule has 0 aromatic carbocycles. The maximum Gasteiger partial charge on any atom is 0.328 e. The standard InChI is InChI=1S/C15H15N3O5/c1-9-2-3-18-12(6-9)16-7-10(14(18)20)13(19)17-4-5-23-8-11(17)15(21)22/h2-3,6-7,11H,4-5,8H2,1H3,(H,21,22)/t11-/m1/s1. The van der Waals surface area contributed by atoms with Gasteiger partial charge in [0.2, 0.25) is 0 Å². The van der Waals surface area contributed by atoms with E-state index >= 15 is 0 Å². The average molecular weight is 317 g/mol. The Hall–Kier alpha value is -2.74. The molecule has 0 spiro atoms. The zero-order chi connectivity index (χ0) is 16.6. The van der Waals surface area contributed by atoms with Crippen LogP contribution in [0.15, 0.2) is 29.3 Å². The van der Waals surface area contributed by atoms with Crippen LogP contribution in [0.2, 0.25) is 0 Å². The third-order valence-electron chi connectivity index (χ3n) is 3.77. The summed E-state index contributed by atoms with van der Waals surface area (Å²) in [5.74, 6) is -1.81. The number of rotatable bonds is 2. The quantitative estimate of drug-likeness (QED) is 0.832. The van der Waals surface area contributed by atoms with Gasteiger partial charge in [-0.05, 0) is 24.6 Å². The molecule has 1 amide bonds. The number of fused-ring (bicyclic) bond motifs is 1. The number of morpholine rings is 1. The number of ether oxygens (including phenoxy) is 1. The number of aromatic nitrogens is 2. The van der Waals surface area contributed by atoms with E-state index in [1.54, 1.807) is 18.3 Å².